The van der Waals surface area contributed by atoms with Gasteiger partial charge in [0.15, 0.2) is 0 Å². The average molecular weight is 413 g/mol. The molecular formula is C17H23N3O7S. The number of phenolic OH excluding ortho intramolecular Hbond substituents is 1. The molecule has 3 atom stereocenters. The van der Waals surface area contributed by atoms with Crippen LogP contribution >= 0.6 is 12.6 Å². The van der Waals surface area contributed by atoms with Crippen molar-refractivity contribution in [2.24, 2.45) is 5.73 Å². The molecule has 0 aliphatic carbocycles. The van der Waals surface area contributed by atoms with Gasteiger partial charge >= 0.3 is 11.9 Å². The molecule has 1 aromatic rings. The first kappa shape index (κ1) is 23.2. The van der Waals surface area contributed by atoms with Crippen LogP contribution in [0, 0.1) is 0 Å². The summed E-state index contributed by atoms with van der Waals surface area (Å²) in [4.78, 5) is 46.2. The quantitative estimate of drug-likeness (QED) is 0.228. The number of rotatable bonds is 11. The standard InChI is InChI=1S/C17H23N3O7S/c18-11(7-9-1-3-10(21)4-2-9)15(24)20-13(8-28)16(25)19-12(17(26)27)5-6-14(22)23/h1-4,11-13,21,28H,5-8,18H2,(H,19,25)(H,20,24)(H,22,23)(H,26,27). The molecule has 0 saturated carbocycles. The number of carboxylic acid groups (broad SMARTS) is 2. The van der Waals surface area contributed by atoms with Crippen molar-refractivity contribution in [3.8, 4) is 5.75 Å². The molecule has 0 aliphatic rings. The van der Waals surface area contributed by atoms with E-state index < -0.39 is 48.3 Å². The lowest BCUT2D eigenvalue weighted by molar-refractivity contribution is -0.143. The Bertz CT molecular complexity index is 711. The van der Waals surface area contributed by atoms with E-state index >= 15 is 0 Å². The highest BCUT2D eigenvalue weighted by Gasteiger charge is 2.27. The summed E-state index contributed by atoms with van der Waals surface area (Å²) in [7, 11) is 0. The molecule has 3 unspecified atom stereocenters. The van der Waals surface area contributed by atoms with Crippen molar-refractivity contribution in [2.45, 2.75) is 37.4 Å². The van der Waals surface area contributed by atoms with E-state index in [1.165, 1.54) is 12.1 Å². The number of hydrogen-bond donors (Lipinski definition) is 7. The molecular weight excluding hydrogens is 390 g/mol. The fourth-order valence-corrected chi connectivity index (χ4v) is 2.51. The van der Waals surface area contributed by atoms with E-state index in [1.54, 1.807) is 12.1 Å². The van der Waals surface area contributed by atoms with Gasteiger partial charge in [0.1, 0.15) is 17.8 Å². The highest BCUT2D eigenvalue weighted by molar-refractivity contribution is 7.80. The molecule has 0 aliphatic heterocycles. The number of carboxylic acids is 2. The number of thiol groups is 1. The van der Waals surface area contributed by atoms with Gasteiger partial charge in [-0.25, -0.2) is 4.79 Å². The third kappa shape index (κ3) is 7.84. The number of amides is 2. The number of benzene rings is 1. The second-order valence-electron chi connectivity index (χ2n) is 6.05. The molecule has 11 heteroatoms. The number of nitrogens with two attached hydrogens (primary N) is 1. The lowest BCUT2D eigenvalue weighted by atomic mass is 10.1. The predicted molar refractivity (Wildman–Crippen MR) is 102 cm³/mol. The highest BCUT2D eigenvalue weighted by atomic mass is 32.1. The molecule has 10 nitrogen and oxygen atoms in total. The SMILES string of the molecule is NC(Cc1ccc(O)cc1)C(=O)NC(CS)C(=O)NC(CCC(=O)O)C(=O)O. The number of phenols is 1. The number of aliphatic carboxylic acids is 2. The third-order valence-corrected chi connectivity index (χ3v) is 4.17. The van der Waals surface area contributed by atoms with E-state index in [-0.39, 0.29) is 24.3 Å². The zero-order valence-electron chi connectivity index (χ0n) is 14.9. The second-order valence-corrected chi connectivity index (χ2v) is 6.42. The van der Waals surface area contributed by atoms with Gasteiger partial charge in [-0.3, -0.25) is 14.4 Å². The normalized spacial score (nSPS) is 13.8. The van der Waals surface area contributed by atoms with Crippen LogP contribution in [0.5, 0.6) is 5.75 Å². The Morgan fingerprint density at radius 2 is 1.57 bits per heavy atom. The van der Waals surface area contributed by atoms with Crippen LogP contribution in [0.4, 0.5) is 0 Å². The third-order valence-electron chi connectivity index (χ3n) is 3.81. The minimum absolute atomic E-state index is 0.0736. The number of carbonyl (C=O) groups excluding carboxylic acids is 2. The van der Waals surface area contributed by atoms with Crippen LogP contribution in [0.25, 0.3) is 0 Å². The lowest BCUT2D eigenvalue weighted by Gasteiger charge is -2.21. The van der Waals surface area contributed by atoms with Crippen molar-refractivity contribution in [1.29, 1.82) is 0 Å². The van der Waals surface area contributed by atoms with E-state index in [0.29, 0.717) is 5.56 Å². The first-order valence-corrected chi connectivity index (χ1v) is 8.97. The van der Waals surface area contributed by atoms with Crippen LogP contribution in [-0.2, 0) is 25.6 Å². The van der Waals surface area contributed by atoms with E-state index in [4.69, 9.17) is 15.9 Å². The molecule has 0 saturated heterocycles. The monoisotopic (exact) mass is 413 g/mol. The molecule has 0 heterocycles. The summed E-state index contributed by atoms with van der Waals surface area (Å²) in [5.74, 6) is -4.07. The summed E-state index contributed by atoms with van der Waals surface area (Å²) in [5.41, 5.74) is 6.53. The first-order valence-electron chi connectivity index (χ1n) is 8.33. The second kappa shape index (κ2) is 11.1. The Labute approximate surface area is 166 Å². The minimum Gasteiger partial charge on any atom is -0.508 e. The van der Waals surface area contributed by atoms with E-state index in [1.807, 2.05) is 0 Å². The van der Waals surface area contributed by atoms with E-state index in [9.17, 15) is 24.3 Å². The highest BCUT2D eigenvalue weighted by Crippen LogP contribution is 2.11. The average Bonchev–Trinajstić information content (AvgIpc) is 2.63. The maximum atomic E-state index is 12.2. The fourth-order valence-electron chi connectivity index (χ4n) is 2.25. The first-order chi connectivity index (χ1) is 13.1. The van der Waals surface area contributed by atoms with Crippen LogP contribution in [0.15, 0.2) is 24.3 Å². The number of carbonyl (C=O) groups is 4. The Kier molecular flexibility index (Phi) is 9.25. The smallest absolute Gasteiger partial charge is 0.326 e. The molecule has 0 spiro atoms. The van der Waals surface area contributed by atoms with Gasteiger partial charge in [-0.15, -0.1) is 0 Å². The molecule has 0 bridgehead atoms. The van der Waals surface area contributed by atoms with Gasteiger partial charge in [0.05, 0.1) is 6.04 Å². The Morgan fingerprint density at radius 3 is 2.07 bits per heavy atom. The van der Waals surface area contributed by atoms with Crippen LogP contribution < -0.4 is 16.4 Å². The molecule has 1 rings (SSSR count). The van der Waals surface area contributed by atoms with Crippen molar-refractivity contribution in [3.63, 3.8) is 0 Å². The van der Waals surface area contributed by atoms with Gasteiger partial charge in [0.25, 0.3) is 0 Å². The zero-order chi connectivity index (χ0) is 21.3. The van der Waals surface area contributed by atoms with Crippen molar-refractivity contribution >= 4 is 36.4 Å². The maximum Gasteiger partial charge on any atom is 0.326 e. The van der Waals surface area contributed by atoms with Crippen molar-refractivity contribution in [1.82, 2.24) is 10.6 Å². The topological polar surface area (TPSA) is 179 Å². The van der Waals surface area contributed by atoms with Crippen LogP contribution in [-0.4, -0.2) is 63.0 Å². The van der Waals surface area contributed by atoms with Crippen molar-refractivity contribution < 1.29 is 34.5 Å². The Morgan fingerprint density at radius 1 is 1.00 bits per heavy atom. The van der Waals surface area contributed by atoms with Crippen LogP contribution in [0.2, 0.25) is 0 Å². The molecule has 0 aromatic heterocycles. The van der Waals surface area contributed by atoms with Gasteiger partial charge in [-0.1, -0.05) is 12.1 Å². The Balaban J connectivity index is 2.65. The minimum atomic E-state index is -1.41. The van der Waals surface area contributed by atoms with Gasteiger partial charge in [-0.05, 0) is 30.5 Å². The predicted octanol–water partition coefficient (Wildman–Crippen LogP) is -0.889. The number of aromatic hydroxyl groups is 1. The largest absolute Gasteiger partial charge is 0.508 e. The molecule has 2 amide bonds. The molecule has 154 valence electrons. The Hall–Kier alpha value is -2.79. The summed E-state index contributed by atoms with van der Waals surface area (Å²) in [6.45, 7) is 0. The summed E-state index contributed by atoms with van der Waals surface area (Å²) >= 11 is 3.98. The van der Waals surface area contributed by atoms with Crippen LogP contribution in [0.1, 0.15) is 18.4 Å². The van der Waals surface area contributed by atoms with E-state index in [2.05, 4.69) is 23.3 Å². The van der Waals surface area contributed by atoms with Crippen LogP contribution in [0.3, 0.4) is 0 Å². The van der Waals surface area contributed by atoms with Gasteiger partial charge in [0, 0.05) is 12.2 Å². The number of nitrogens with one attached hydrogen (secondary N) is 2. The van der Waals surface area contributed by atoms with Gasteiger partial charge < -0.3 is 31.7 Å². The van der Waals surface area contributed by atoms with Gasteiger partial charge in [-0.2, -0.15) is 12.6 Å². The van der Waals surface area contributed by atoms with Crippen molar-refractivity contribution in [3.05, 3.63) is 29.8 Å². The fraction of sp³-hybridized carbons (Fsp3) is 0.412. The molecule has 7 N–H and O–H groups in total. The molecule has 0 fully saturated rings. The summed E-state index contributed by atoms with van der Waals surface area (Å²) in [6.07, 6.45) is -0.583. The summed E-state index contributed by atoms with van der Waals surface area (Å²) < 4.78 is 0. The summed E-state index contributed by atoms with van der Waals surface area (Å²) in [5, 5.41) is 31.6. The number of hydrogen-bond acceptors (Lipinski definition) is 7. The lowest BCUT2D eigenvalue weighted by Crippen LogP contribution is -2.55. The molecule has 0 radical (unpaired) electrons. The zero-order valence-corrected chi connectivity index (χ0v) is 15.8. The van der Waals surface area contributed by atoms with Crippen molar-refractivity contribution in [2.75, 3.05) is 5.75 Å². The summed E-state index contributed by atoms with van der Waals surface area (Å²) in [6, 6.07) is 2.57. The van der Waals surface area contributed by atoms with Gasteiger partial charge in [0.2, 0.25) is 11.8 Å². The van der Waals surface area contributed by atoms with E-state index in [0.717, 1.165) is 0 Å². The maximum absolute atomic E-state index is 12.2. The molecule has 28 heavy (non-hydrogen) atoms. The molecule has 1 aromatic carbocycles.